The second-order valence-corrected chi connectivity index (χ2v) is 7.13. The number of hydrogen-bond acceptors (Lipinski definition) is 5. The van der Waals surface area contributed by atoms with E-state index >= 15 is 0 Å². The molecule has 0 spiro atoms. The van der Waals surface area contributed by atoms with Crippen LogP contribution in [0.15, 0.2) is 12.1 Å². The van der Waals surface area contributed by atoms with Crippen molar-refractivity contribution in [2.24, 2.45) is 5.92 Å². The summed E-state index contributed by atoms with van der Waals surface area (Å²) in [4.78, 5) is 0. The maximum atomic E-state index is 13.4. The normalized spacial score (nSPS) is 20.7. The molecule has 1 aromatic carbocycles. The predicted octanol–water partition coefficient (Wildman–Crippen LogP) is 1.86. The van der Waals surface area contributed by atoms with Gasteiger partial charge in [-0.2, -0.15) is 8.78 Å². The van der Waals surface area contributed by atoms with Gasteiger partial charge < -0.3 is 15.8 Å². The maximum absolute atomic E-state index is 13.4. The second-order valence-electron chi connectivity index (χ2n) is 4.90. The number of nitrogens with two attached hydrogens (primary N) is 1. The van der Waals surface area contributed by atoms with Crippen LogP contribution in [0.5, 0.6) is 5.75 Å². The lowest BCUT2D eigenvalue weighted by Gasteiger charge is -2.15. The second kappa shape index (κ2) is 6.00. The first kappa shape index (κ1) is 15.7. The van der Waals surface area contributed by atoms with Crippen molar-refractivity contribution < 1.29 is 26.3 Å². The standard InChI is InChI=1S/C12H15F3N2O3S/c13-8-3-9(16)10(4-11(8)20-12(14)15)17-5-7-1-2-21(18,19)6-7/h3-4,7,12,17H,1-2,5-6,16H2. The van der Waals surface area contributed by atoms with Crippen LogP contribution in [0.2, 0.25) is 0 Å². The Morgan fingerprint density at radius 2 is 2.14 bits per heavy atom. The molecule has 9 heteroatoms. The summed E-state index contributed by atoms with van der Waals surface area (Å²) in [6.07, 6.45) is 0.525. The molecule has 3 N–H and O–H groups in total. The quantitative estimate of drug-likeness (QED) is 0.808. The SMILES string of the molecule is Nc1cc(F)c(OC(F)F)cc1NCC1CCS(=O)(=O)C1. The minimum atomic E-state index is -3.14. The van der Waals surface area contributed by atoms with Crippen molar-refractivity contribution in [3.8, 4) is 5.75 Å². The van der Waals surface area contributed by atoms with E-state index in [1.165, 1.54) is 0 Å². The van der Waals surface area contributed by atoms with Crippen LogP contribution >= 0.6 is 0 Å². The summed E-state index contributed by atoms with van der Waals surface area (Å²) in [6, 6.07) is 1.92. The Bertz CT molecular complexity index is 622. The molecule has 0 aromatic heterocycles. The van der Waals surface area contributed by atoms with Gasteiger partial charge in [-0.25, -0.2) is 12.8 Å². The van der Waals surface area contributed by atoms with Gasteiger partial charge in [0.25, 0.3) is 0 Å². The summed E-state index contributed by atoms with van der Waals surface area (Å²) >= 11 is 0. The first-order valence-corrected chi connectivity index (χ1v) is 8.07. The van der Waals surface area contributed by atoms with E-state index in [4.69, 9.17) is 5.73 Å². The molecule has 0 aliphatic carbocycles. The third-order valence-electron chi connectivity index (χ3n) is 3.23. The summed E-state index contributed by atoms with van der Waals surface area (Å²) in [7, 11) is -3.00. The van der Waals surface area contributed by atoms with Gasteiger partial charge >= 0.3 is 6.61 Å². The average molecular weight is 324 g/mol. The number of rotatable bonds is 5. The lowest BCUT2D eigenvalue weighted by atomic mass is 10.1. The van der Waals surface area contributed by atoms with E-state index < -0.39 is 28.0 Å². The van der Waals surface area contributed by atoms with E-state index in [0.717, 1.165) is 12.1 Å². The van der Waals surface area contributed by atoms with Crippen molar-refractivity contribution in [2.75, 3.05) is 29.1 Å². The molecule has 21 heavy (non-hydrogen) atoms. The fourth-order valence-electron chi connectivity index (χ4n) is 2.20. The fraction of sp³-hybridized carbons (Fsp3) is 0.500. The summed E-state index contributed by atoms with van der Waals surface area (Å²) in [5.41, 5.74) is 5.87. The van der Waals surface area contributed by atoms with Gasteiger partial charge in [0, 0.05) is 18.7 Å². The highest BCUT2D eigenvalue weighted by atomic mass is 32.2. The van der Waals surface area contributed by atoms with Crippen LogP contribution in [0.25, 0.3) is 0 Å². The number of nitrogen functional groups attached to an aromatic ring is 1. The first-order valence-electron chi connectivity index (χ1n) is 6.25. The van der Waals surface area contributed by atoms with Crippen LogP contribution < -0.4 is 15.8 Å². The number of anilines is 2. The minimum absolute atomic E-state index is 0.0370. The zero-order valence-electron chi connectivity index (χ0n) is 11.0. The van der Waals surface area contributed by atoms with Gasteiger partial charge in [-0.1, -0.05) is 0 Å². The predicted molar refractivity (Wildman–Crippen MR) is 72.7 cm³/mol. The molecule has 2 rings (SSSR count). The maximum Gasteiger partial charge on any atom is 0.387 e. The highest BCUT2D eigenvalue weighted by Crippen LogP contribution is 2.30. The number of hydrogen-bond donors (Lipinski definition) is 2. The Morgan fingerprint density at radius 3 is 2.71 bits per heavy atom. The van der Waals surface area contributed by atoms with Gasteiger partial charge in [0.2, 0.25) is 0 Å². The fourth-order valence-corrected chi connectivity index (χ4v) is 4.06. The Morgan fingerprint density at radius 1 is 1.43 bits per heavy atom. The zero-order chi connectivity index (χ0) is 15.6. The molecule has 0 amide bonds. The van der Waals surface area contributed by atoms with Crippen molar-refractivity contribution >= 4 is 21.2 Å². The highest BCUT2D eigenvalue weighted by Gasteiger charge is 2.27. The van der Waals surface area contributed by atoms with Crippen LogP contribution in [0.3, 0.4) is 0 Å². The van der Waals surface area contributed by atoms with Crippen LogP contribution in [-0.4, -0.2) is 33.1 Å². The van der Waals surface area contributed by atoms with E-state index in [1.54, 1.807) is 0 Å². The zero-order valence-corrected chi connectivity index (χ0v) is 11.8. The third-order valence-corrected chi connectivity index (χ3v) is 5.07. The lowest BCUT2D eigenvalue weighted by molar-refractivity contribution is -0.0521. The number of alkyl halides is 2. The molecule has 1 aliphatic rings. The van der Waals surface area contributed by atoms with E-state index in [1.807, 2.05) is 0 Å². The molecule has 0 saturated carbocycles. The summed E-state index contributed by atoms with van der Waals surface area (Å²) in [5.74, 6) is -1.47. The molecule has 0 radical (unpaired) electrons. The minimum Gasteiger partial charge on any atom is -0.432 e. The van der Waals surface area contributed by atoms with Crippen molar-refractivity contribution in [3.63, 3.8) is 0 Å². The molecule has 1 fully saturated rings. The van der Waals surface area contributed by atoms with Crippen LogP contribution in [0.1, 0.15) is 6.42 Å². The third kappa shape index (κ3) is 4.16. The lowest BCUT2D eigenvalue weighted by Crippen LogP contribution is -2.16. The van der Waals surface area contributed by atoms with Crippen molar-refractivity contribution in [3.05, 3.63) is 17.9 Å². The molecular weight excluding hydrogens is 309 g/mol. The molecular formula is C12H15F3N2O3S. The van der Waals surface area contributed by atoms with E-state index in [9.17, 15) is 21.6 Å². The van der Waals surface area contributed by atoms with E-state index in [-0.39, 0.29) is 28.8 Å². The molecule has 5 nitrogen and oxygen atoms in total. The molecule has 1 atom stereocenters. The monoisotopic (exact) mass is 324 g/mol. The number of benzene rings is 1. The average Bonchev–Trinajstić information content (AvgIpc) is 2.70. The molecule has 1 aliphatic heterocycles. The van der Waals surface area contributed by atoms with Gasteiger partial charge in [0.05, 0.1) is 22.9 Å². The van der Waals surface area contributed by atoms with Gasteiger partial charge in [-0.05, 0) is 12.3 Å². The Hall–Kier alpha value is -1.64. The van der Waals surface area contributed by atoms with Gasteiger partial charge in [-0.3, -0.25) is 0 Å². The smallest absolute Gasteiger partial charge is 0.387 e. The molecule has 1 saturated heterocycles. The van der Waals surface area contributed by atoms with Crippen molar-refractivity contribution in [1.29, 1.82) is 0 Å². The van der Waals surface area contributed by atoms with Crippen molar-refractivity contribution in [2.45, 2.75) is 13.0 Å². The van der Waals surface area contributed by atoms with Crippen LogP contribution in [-0.2, 0) is 9.84 Å². The Kier molecular flexibility index (Phi) is 4.50. The van der Waals surface area contributed by atoms with E-state index in [0.29, 0.717) is 13.0 Å². The topological polar surface area (TPSA) is 81.4 Å². The number of nitrogens with one attached hydrogen (secondary N) is 1. The molecule has 118 valence electrons. The Labute approximate surface area is 120 Å². The van der Waals surface area contributed by atoms with Gasteiger partial charge in [0.1, 0.15) is 0 Å². The van der Waals surface area contributed by atoms with Crippen LogP contribution in [0, 0.1) is 11.7 Å². The largest absolute Gasteiger partial charge is 0.432 e. The summed E-state index contributed by atoms with van der Waals surface area (Å²) in [5, 5.41) is 2.85. The Balaban J connectivity index is 2.06. The van der Waals surface area contributed by atoms with E-state index in [2.05, 4.69) is 10.1 Å². The summed E-state index contributed by atoms with van der Waals surface area (Å²) < 4.78 is 64.4. The van der Waals surface area contributed by atoms with Crippen molar-refractivity contribution in [1.82, 2.24) is 0 Å². The number of sulfone groups is 1. The van der Waals surface area contributed by atoms with Gasteiger partial charge in [0.15, 0.2) is 21.4 Å². The first-order chi connectivity index (χ1) is 9.77. The van der Waals surface area contributed by atoms with Gasteiger partial charge in [-0.15, -0.1) is 0 Å². The number of halogens is 3. The molecule has 1 aromatic rings. The molecule has 1 heterocycles. The molecule has 0 bridgehead atoms. The molecule has 1 unspecified atom stereocenters. The summed E-state index contributed by atoms with van der Waals surface area (Å²) in [6.45, 7) is -2.83. The van der Waals surface area contributed by atoms with Crippen LogP contribution in [0.4, 0.5) is 24.5 Å². The highest BCUT2D eigenvalue weighted by molar-refractivity contribution is 7.91. The number of ether oxygens (including phenoxy) is 1.